The Morgan fingerprint density at radius 1 is 1.40 bits per heavy atom. The first-order valence-corrected chi connectivity index (χ1v) is 6.82. The predicted molar refractivity (Wildman–Crippen MR) is 75.0 cm³/mol. The number of carbonyl (C=O) groups is 2. The molecule has 0 aliphatic carbocycles. The number of hydrogen-bond donors (Lipinski definition) is 0. The van der Waals surface area contributed by atoms with E-state index >= 15 is 0 Å². The standard InChI is InChI=1S/C16H18N2O2/c1-11(2)14-7-16(20)18(9-14)10-15(19)13-5-3-12(8-17)4-6-13/h3-6,11,14H,7,9-10H2,1-2H3. The number of Topliss-reactive ketones (excluding diaryl/α,β-unsaturated/α-hetero) is 1. The average Bonchev–Trinajstić information content (AvgIpc) is 2.80. The lowest BCUT2D eigenvalue weighted by Crippen LogP contribution is -2.31. The van der Waals surface area contributed by atoms with Gasteiger partial charge in [-0.1, -0.05) is 26.0 Å². The Balaban J connectivity index is 2.01. The lowest BCUT2D eigenvalue weighted by molar-refractivity contribution is -0.127. The van der Waals surface area contributed by atoms with Gasteiger partial charge in [-0.2, -0.15) is 5.26 Å². The van der Waals surface area contributed by atoms with Crippen molar-refractivity contribution in [2.45, 2.75) is 20.3 Å². The highest BCUT2D eigenvalue weighted by molar-refractivity contribution is 5.99. The number of benzene rings is 1. The number of likely N-dealkylation sites (tertiary alicyclic amines) is 1. The van der Waals surface area contributed by atoms with E-state index in [4.69, 9.17) is 5.26 Å². The van der Waals surface area contributed by atoms with Gasteiger partial charge in [-0.25, -0.2) is 0 Å². The van der Waals surface area contributed by atoms with Crippen LogP contribution in [0.3, 0.4) is 0 Å². The molecule has 0 spiro atoms. The second kappa shape index (κ2) is 5.87. The van der Waals surface area contributed by atoms with Gasteiger partial charge in [-0.05, 0) is 24.0 Å². The third-order valence-corrected chi connectivity index (χ3v) is 3.86. The Kier molecular flexibility index (Phi) is 4.19. The summed E-state index contributed by atoms with van der Waals surface area (Å²) >= 11 is 0. The van der Waals surface area contributed by atoms with Crippen LogP contribution in [0.15, 0.2) is 24.3 Å². The third kappa shape index (κ3) is 3.05. The van der Waals surface area contributed by atoms with Crippen molar-refractivity contribution in [1.29, 1.82) is 5.26 Å². The van der Waals surface area contributed by atoms with Crippen LogP contribution in [0.25, 0.3) is 0 Å². The first-order valence-electron chi connectivity index (χ1n) is 6.82. The molecule has 20 heavy (non-hydrogen) atoms. The fourth-order valence-electron chi connectivity index (χ4n) is 2.40. The maximum atomic E-state index is 12.1. The van der Waals surface area contributed by atoms with Crippen molar-refractivity contribution >= 4 is 11.7 Å². The van der Waals surface area contributed by atoms with Gasteiger partial charge in [0.05, 0.1) is 18.2 Å². The Morgan fingerprint density at radius 3 is 2.55 bits per heavy atom. The Bertz CT molecular complexity index is 555. The minimum atomic E-state index is -0.0766. The van der Waals surface area contributed by atoms with E-state index in [1.165, 1.54) is 0 Å². The number of amides is 1. The molecular weight excluding hydrogens is 252 g/mol. The molecule has 0 bridgehead atoms. The van der Waals surface area contributed by atoms with Crippen molar-refractivity contribution in [2.75, 3.05) is 13.1 Å². The van der Waals surface area contributed by atoms with E-state index in [1.54, 1.807) is 29.2 Å². The second-order valence-corrected chi connectivity index (χ2v) is 5.59. The maximum Gasteiger partial charge on any atom is 0.223 e. The van der Waals surface area contributed by atoms with Crippen molar-refractivity contribution in [3.05, 3.63) is 35.4 Å². The SMILES string of the molecule is CC(C)C1CC(=O)N(CC(=O)c2ccc(C#N)cc2)C1. The smallest absolute Gasteiger partial charge is 0.223 e. The number of carbonyl (C=O) groups excluding carboxylic acids is 2. The molecular formula is C16H18N2O2. The molecule has 1 unspecified atom stereocenters. The molecule has 2 rings (SSSR count). The number of rotatable bonds is 4. The Labute approximate surface area is 119 Å². The molecule has 0 aromatic heterocycles. The van der Waals surface area contributed by atoms with Crippen molar-refractivity contribution in [3.8, 4) is 6.07 Å². The zero-order valence-corrected chi connectivity index (χ0v) is 11.8. The van der Waals surface area contributed by atoms with Crippen molar-refractivity contribution in [3.63, 3.8) is 0 Å². The van der Waals surface area contributed by atoms with Gasteiger partial charge in [0.1, 0.15) is 0 Å². The van der Waals surface area contributed by atoms with E-state index in [9.17, 15) is 9.59 Å². The number of ketones is 1. The molecule has 0 N–H and O–H groups in total. The summed E-state index contributed by atoms with van der Waals surface area (Å²) in [5, 5.41) is 8.72. The number of nitrogens with zero attached hydrogens (tertiary/aromatic N) is 2. The number of nitriles is 1. The molecule has 1 aromatic rings. The molecule has 1 heterocycles. The minimum absolute atomic E-state index is 0.0608. The van der Waals surface area contributed by atoms with E-state index in [2.05, 4.69) is 13.8 Å². The van der Waals surface area contributed by atoms with E-state index in [0.717, 1.165) is 0 Å². The highest BCUT2D eigenvalue weighted by Crippen LogP contribution is 2.24. The summed E-state index contributed by atoms with van der Waals surface area (Å²) in [5.41, 5.74) is 1.07. The molecule has 4 heteroatoms. The van der Waals surface area contributed by atoms with Gasteiger partial charge in [0.15, 0.2) is 5.78 Å². The van der Waals surface area contributed by atoms with Crippen molar-refractivity contribution < 1.29 is 9.59 Å². The quantitative estimate of drug-likeness (QED) is 0.788. The van der Waals surface area contributed by atoms with Crippen LogP contribution in [-0.4, -0.2) is 29.7 Å². The molecule has 1 aliphatic heterocycles. The van der Waals surface area contributed by atoms with Gasteiger partial charge < -0.3 is 4.90 Å². The first kappa shape index (κ1) is 14.3. The Hall–Kier alpha value is -2.15. The summed E-state index contributed by atoms with van der Waals surface area (Å²) in [6.07, 6.45) is 0.540. The van der Waals surface area contributed by atoms with Crippen LogP contribution in [0.1, 0.15) is 36.2 Å². The number of hydrogen-bond acceptors (Lipinski definition) is 3. The largest absolute Gasteiger partial charge is 0.335 e. The fourth-order valence-corrected chi connectivity index (χ4v) is 2.40. The monoisotopic (exact) mass is 270 g/mol. The molecule has 1 saturated heterocycles. The Morgan fingerprint density at radius 2 is 2.05 bits per heavy atom. The van der Waals surface area contributed by atoms with Gasteiger partial charge in [-0.3, -0.25) is 9.59 Å². The topological polar surface area (TPSA) is 61.2 Å². The lowest BCUT2D eigenvalue weighted by Gasteiger charge is -2.17. The van der Waals surface area contributed by atoms with Crippen LogP contribution in [0, 0.1) is 23.2 Å². The predicted octanol–water partition coefficient (Wildman–Crippen LogP) is 2.25. The highest BCUT2D eigenvalue weighted by atomic mass is 16.2. The fraction of sp³-hybridized carbons (Fsp3) is 0.438. The highest BCUT2D eigenvalue weighted by Gasteiger charge is 2.32. The molecule has 0 radical (unpaired) electrons. The van der Waals surface area contributed by atoms with Crippen LogP contribution in [-0.2, 0) is 4.79 Å². The van der Waals surface area contributed by atoms with E-state index in [0.29, 0.717) is 35.9 Å². The van der Waals surface area contributed by atoms with Crippen LogP contribution < -0.4 is 0 Å². The van der Waals surface area contributed by atoms with Gasteiger partial charge in [-0.15, -0.1) is 0 Å². The summed E-state index contributed by atoms with van der Waals surface area (Å²) in [7, 11) is 0. The lowest BCUT2D eigenvalue weighted by atomic mass is 9.95. The van der Waals surface area contributed by atoms with E-state index in [-0.39, 0.29) is 18.2 Å². The summed E-state index contributed by atoms with van der Waals surface area (Å²) in [5.74, 6) is 0.781. The van der Waals surface area contributed by atoms with Crippen molar-refractivity contribution in [2.24, 2.45) is 11.8 Å². The summed E-state index contributed by atoms with van der Waals surface area (Å²) in [4.78, 5) is 25.7. The van der Waals surface area contributed by atoms with Gasteiger partial charge >= 0.3 is 0 Å². The van der Waals surface area contributed by atoms with Crippen LogP contribution in [0.2, 0.25) is 0 Å². The van der Waals surface area contributed by atoms with E-state index < -0.39 is 0 Å². The molecule has 4 nitrogen and oxygen atoms in total. The second-order valence-electron chi connectivity index (χ2n) is 5.59. The molecule has 0 saturated carbocycles. The molecule has 1 fully saturated rings. The van der Waals surface area contributed by atoms with E-state index in [1.807, 2.05) is 6.07 Å². The molecule has 1 atom stereocenters. The third-order valence-electron chi connectivity index (χ3n) is 3.86. The normalized spacial score (nSPS) is 18.4. The zero-order valence-electron chi connectivity index (χ0n) is 11.8. The van der Waals surface area contributed by atoms with Crippen LogP contribution in [0.4, 0.5) is 0 Å². The summed E-state index contributed by atoms with van der Waals surface area (Å²) < 4.78 is 0. The minimum Gasteiger partial charge on any atom is -0.335 e. The molecule has 104 valence electrons. The van der Waals surface area contributed by atoms with Gasteiger partial charge in [0.25, 0.3) is 0 Å². The first-order chi connectivity index (χ1) is 9.51. The van der Waals surface area contributed by atoms with Crippen LogP contribution >= 0.6 is 0 Å². The molecule has 1 aromatic carbocycles. The molecule has 1 amide bonds. The van der Waals surface area contributed by atoms with Crippen LogP contribution in [0.5, 0.6) is 0 Å². The maximum absolute atomic E-state index is 12.1. The average molecular weight is 270 g/mol. The molecule has 1 aliphatic rings. The van der Waals surface area contributed by atoms with Gasteiger partial charge in [0.2, 0.25) is 5.91 Å². The van der Waals surface area contributed by atoms with Gasteiger partial charge in [0, 0.05) is 18.5 Å². The summed E-state index contributed by atoms with van der Waals surface area (Å²) in [6, 6.07) is 8.54. The summed E-state index contributed by atoms with van der Waals surface area (Å²) in [6.45, 7) is 5.00. The zero-order chi connectivity index (χ0) is 14.7. The van der Waals surface area contributed by atoms with Crippen molar-refractivity contribution in [1.82, 2.24) is 4.90 Å².